The molecule has 1 heterocycles. The molecule has 22 heavy (non-hydrogen) atoms. The Labute approximate surface area is 126 Å². The van der Waals surface area contributed by atoms with Gasteiger partial charge in [-0.2, -0.15) is 13.2 Å². The fourth-order valence-electron chi connectivity index (χ4n) is 2.49. The van der Waals surface area contributed by atoms with E-state index in [0.29, 0.717) is 6.07 Å². The molecule has 1 aromatic carbocycles. The molecule has 1 aliphatic heterocycles. The van der Waals surface area contributed by atoms with E-state index in [1.165, 1.54) is 0 Å². The third kappa shape index (κ3) is 3.43. The van der Waals surface area contributed by atoms with Gasteiger partial charge >= 0.3 is 6.18 Å². The van der Waals surface area contributed by atoms with E-state index < -0.39 is 32.1 Å². The van der Waals surface area contributed by atoms with Crippen molar-refractivity contribution in [1.29, 1.82) is 0 Å². The summed E-state index contributed by atoms with van der Waals surface area (Å²) < 4.78 is 74.6. The second-order valence-electron chi connectivity index (χ2n) is 6.09. The monoisotopic (exact) mass is 339 g/mol. The van der Waals surface area contributed by atoms with Crippen LogP contribution in [0.3, 0.4) is 0 Å². The van der Waals surface area contributed by atoms with Crippen LogP contribution in [0.2, 0.25) is 0 Å². The van der Waals surface area contributed by atoms with Crippen molar-refractivity contribution in [3.63, 3.8) is 0 Å². The molecular formula is C14H17F4NO2S. The van der Waals surface area contributed by atoms with E-state index >= 15 is 0 Å². The molecule has 2 rings (SSSR count). The van der Waals surface area contributed by atoms with Crippen molar-refractivity contribution in [1.82, 2.24) is 4.90 Å². The highest BCUT2D eigenvalue weighted by molar-refractivity contribution is 7.92. The highest BCUT2D eigenvalue weighted by Gasteiger charge is 2.40. The second kappa shape index (κ2) is 5.49. The predicted octanol–water partition coefficient (Wildman–Crippen LogP) is 2.85. The molecule has 0 spiro atoms. The van der Waals surface area contributed by atoms with Gasteiger partial charge in [0.15, 0.2) is 9.84 Å². The van der Waals surface area contributed by atoms with Crippen LogP contribution in [0.5, 0.6) is 0 Å². The summed E-state index contributed by atoms with van der Waals surface area (Å²) in [6.07, 6.45) is -4.53. The lowest BCUT2D eigenvalue weighted by molar-refractivity contribution is -0.137. The standard InChI is InChI=1S/C14H17F4NO2S/c1-13(2)9-19(5-6-22(13,20)21)8-10-7-11(14(16,17)18)3-4-12(10)15/h3-4,7H,5-6,8-9H2,1-2H3. The van der Waals surface area contributed by atoms with E-state index in [-0.39, 0.29) is 31.0 Å². The average molecular weight is 339 g/mol. The average Bonchev–Trinajstić information content (AvgIpc) is 2.35. The highest BCUT2D eigenvalue weighted by Crippen LogP contribution is 2.31. The van der Waals surface area contributed by atoms with Gasteiger partial charge < -0.3 is 0 Å². The molecule has 0 radical (unpaired) electrons. The van der Waals surface area contributed by atoms with Gasteiger partial charge in [0.1, 0.15) is 5.82 Å². The molecule has 1 aromatic rings. The quantitative estimate of drug-likeness (QED) is 0.778. The lowest BCUT2D eigenvalue weighted by atomic mass is 10.1. The molecule has 1 saturated heterocycles. The van der Waals surface area contributed by atoms with Gasteiger partial charge in [0.2, 0.25) is 0 Å². The zero-order valence-electron chi connectivity index (χ0n) is 12.2. The van der Waals surface area contributed by atoms with Gasteiger partial charge in [0, 0.05) is 25.2 Å². The Kier molecular flexibility index (Phi) is 4.29. The summed E-state index contributed by atoms with van der Waals surface area (Å²) in [6.45, 7) is 3.43. The van der Waals surface area contributed by atoms with Crippen LogP contribution < -0.4 is 0 Å². The fraction of sp³-hybridized carbons (Fsp3) is 0.571. The maximum absolute atomic E-state index is 13.7. The minimum Gasteiger partial charge on any atom is -0.296 e. The molecule has 3 nitrogen and oxygen atoms in total. The lowest BCUT2D eigenvalue weighted by Gasteiger charge is -2.37. The molecule has 0 amide bonds. The van der Waals surface area contributed by atoms with Crippen molar-refractivity contribution in [3.8, 4) is 0 Å². The first-order chi connectivity index (χ1) is 9.92. The smallest absolute Gasteiger partial charge is 0.296 e. The van der Waals surface area contributed by atoms with E-state index in [9.17, 15) is 26.0 Å². The molecule has 0 bridgehead atoms. The SMILES string of the molecule is CC1(C)CN(Cc2cc(C(F)(F)F)ccc2F)CCS1(=O)=O. The van der Waals surface area contributed by atoms with Gasteiger partial charge in [-0.25, -0.2) is 12.8 Å². The van der Waals surface area contributed by atoms with Crippen LogP contribution in [0.15, 0.2) is 18.2 Å². The van der Waals surface area contributed by atoms with Crippen molar-refractivity contribution in [2.45, 2.75) is 31.3 Å². The van der Waals surface area contributed by atoms with Crippen molar-refractivity contribution < 1.29 is 26.0 Å². The van der Waals surface area contributed by atoms with E-state index in [1.807, 2.05) is 0 Å². The summed E-state index contributed by atoms with van der Waals surface area (Å²) in [4.78, 5) is 1.67. The summed E-state index contributed by atoms with van der Waals surface area (Å²) >= 11 is 0. The Morgan fingerprint density at radius 2 is 1.91 bits per heavy atom. The molecule has 8 heteroatoms. The lowest BCUT2D eigenvalue weighted by Crippen LogP contribution is -2.52. The Hall–Kier alpha value is -1.15. The number of hydrogen-bond donors (Lipinski definition) is 0. The summed E-state index contributed by atoms with van der Waals surface area (Å²) in [7, 11) is -3.24. The van der Waals surface area contributed by atoms with Crippen LogP contribution >= 0.6 is 0 Å². The highest BCUT2D eigenvalue weighted by atomic mass is 32.2. The Morgan fingerprint density at radius 1 is 1.27 bits per heavy atom. The zero-order chi connectivity index (χ0) is 16.8. The molecule has 0 aliphatic carbocycles. The minimum atomic E-state index is -4.53. The first-order valence-electron chi connectivity index (χ1n) is 6.73. The van der Waals surface area contributed by atoms with Crippen LogP contribution in [-0.2, 0) is 22.6 Å². The van der Waals surface area contributed by atoms with Gasteiger partial charge in [-0.05, 0) is 32.0 Å². The Balaban J connectivity index is 2.22. The van der Waals surface area contributed by atoms with E-state index in [2.05, 4.69) is 0 Å². The largest absolute Gasteiger partial charge is 0.416 e. The number of sulfone groups is 1. The van der Waals surface area contributed by atoms with Gasteiger partial charge in [-0.15, -0.1) is 0 Å². The minimum absolute atomic E-state index is 0.0469. The van der Waals surface area contributed by atoms with Gasteiger partial charge in [0.25, 0.3) is 0 Å². The zero-order valence-corrected chi connectivity index (χ0v) is 13.1. The number of hydrogen-bond acceptors (Lipinski definition) is 3. The Morgan fingerprint density at radius 3 is 2.45 bits per heavy atom. The van der Waals surface area contributed by atoms with Crippen LogP contribution in [0.1, 0.15) is 25.0 Å². The maximum Gasteiger partial charge on any atom is 0.416 e. The first-order valence-corrected chi connectivity index (χ1v) is 8.38. The third-order valence-electron chi connectivity index (χ3n) is 3.89. The van der Waals surface area contributed by atoms with Crippen molar-refractivity contribution in [2.24, 2.45) is 0 Å². The van der Waals surface area contributed by atoms with Crippen molar-refractivity contribution >= 4 is 9.84 Å². The maximum atomic E-state index is 13.7. The van der Waals surface area contributed by atoms with Crippen molar-refractivity contribution in [2.75, 3.05) is 18.8 Å². The summed E-state index contributed by atoms with van der Waals surface area (Å²) in [5.74, 6) is -0.806. The first kappa shape index (κ1) is 17.2. The number of rotatable bonds is 2. The van der Waals surface area contributed by atoms with Gasteiger partial charge in [-0.3, -0.25) is 4.90 Å². The predicted molar refractivity (Wildman–Crippen MR) is 74.5 cm³/mol. The molecule has 0 atom stereocenters. The second-order valence-corrected chi connectivity index (χ2v) is 8.84. The number of halogens is 4. The molecule has 124 valence electrons. The number of alkyl halides is 3. The molecule has 1 aliphatic rings. The topological polar surface area (TPSA) is 37.4 Å². The fourth-order valence-corrected chi connectivity index (χ4v) is 3.92. The van der Waals surface area contributed by atoms with E-state index in [0.717, 1.165) is 12.1 Å². The van der Waals surface area contributed by atoms with E-state index in [4.69, 9.17) is 0 Å². The molecule has 0 aromatic heterocycles. The summed E-state index contributed by atoms with van der Waals surface area (Å²) in [6, 6.07) is 2.28. The van der Waals surface area contributed by atoms with Crippen LogP contribution in [0, 0.1) is 5.82 Å². The molecule has 0 N–H and O–H groups in total. The molecule has 1 fully saturated rings. The van der Waals surface area contributed by atoms with Gasteiger partial charge in [-0.1, -0.05) is 0 Å². The van der Waals surface area contributed by atoms with Crippen molar-refractivity contribution in [3.05, 3.63) is 35.1 Å². The molecule has 0 saturated carbocycles. The number of nitrogens with zero attached hydrogens (tertiary/aromatic N) is 1. The number of benzene rings is 1. The summed E-state index contributed by atoms with van der Waals surface area (Å²) in [5.41, 5.74) is -0.988. The van der Waals surface area contributed by atoms with Crippen LogP contribution in [0.4, 0.5) is 17.6 Å². The molecular weight excluding hydrogens is 322 g/mol. The molecule has 0 unspecified atom stereocenters. The Bertz CT molecular complexity index is 668. The summed E-state index contributed by atoms with van der Waals surface area (Å²) in [5, 5.41) is 0. The van der Waals surface area contributed by atoms with Gasteiger partial charge in [0.05, 0.1) is 16.1 Å². The van der Waals surface area contributed by atoms with Crippen LogP contribution in [0.25, 0.3) is 0 Å². The van der Waals surface area contributed by atoms with E-state index in [1.54, 1.807) is 18.7 Å². The third-order valence-corrected chi connectivity index (χ3v) is 6.42. The van der Waals surface area contributed by atoms with Crippen LogP contribution in [-0.4, -0.2) is 36.9 Å². The normalized spacial score (nSPS) is 21.7.